The lowest BCUT2D eigenvalue weighted by Gasteiger charge is -2.12. The highest BCUT2D eigenvalue weighted by Crippen LogP contribution is 2.41. The minimum atomic E-state index is -4.72. The molecule has 0 amide bonds. The van der Waals surface area contributed by atoms with E-state index in [4.69, 9.17) is 19.6 Å². The van der Waals surface area contributed by atoms with Crippen LogP contribution in [0.3, 0.4) is 0 Å². The zero-order valence-electron chi connectivity index (χ0n) is 11.7. The molecule has 0 aliphatic rings. The second kappa shape index (κ2) is 6.97. The van der Waals surface area contributed by atoms with Crippen molar-refractivity contribution in [1.29, 1.82) is 0 Å². The van der Waals surface area contributed by atoms with Gasteiger partial charge in [0.2, 0.25) is 0 Å². The number of aromatic nitrogens is 1. The minimum Gasteiger partial charge on any atom is -0.505 e. The molecule has 1 aromatic heterocycles. The number of hydrogen-bond acceptors (Lipinski definition) is 6. The van der Waals surface area contributed by atoms with Crippen LogP contribution in [0.4, 0.5) is 0 Å². The van der Waals surface area contributed by atoms with Crippen LogP contribution in [0, 0.1) is 6.92 Å². The number of pyridine rings is 1. The van der Waals surface area contributed by atoms with E-state index in [0.29, 0.717) is 0 Å². The molecular formula is C10H16N2O8P2. The molecule has 0 bridgehead atoms. The van der Waals surface area contributed by atoms with Crippen LogP contribution in [0.25, 0.3) is 0 Å². The van der Waals surface area contributed by atoms with Crippen molar-refractivity contribution in [3.05, 3.63) is 23.0 Å². The molecule has 1 heterocycles. The van der Waals surface area contributed by atoms with E-state index in [-0.39, 0.29) is 22.6 Å². The Morgan fingerprint density at radius 2 is 1.95 bits per heavy atom. The summed E-state index contributed by atoms with van der Waals surface area (Å²) in [6, 6.07) is 0. The van der Waals surface area contributed by atoms with Crippen molar-refractivity contribution in [3.8, 4) is 5.75 Å². The topological polar surface area (TPSA) is 170 Å². The number of rotatable bonds is 6. The highest BCUT2D eigenvalue weighted by atomic mass is 31.2. The molecule has 0 aliphatic heterocycles. The molecule has 0 spiro atoms. The van der Waals surface area contributed by atoms with Crippen LogP contribution in [-0.4, -0.2) is 41.7 Å². The Morgan fingerprint density at radius 3 is 2.45 bits per heavy atom. The van der Waals surface area contributed by atoms with Crippen molar-refractivity contribution in [2.24, 2.45) is 4.99 Å². The highest BCUT2D eigenvalue weighted by molar-refractivity contribution is 7.52. The molecule has 1 aromatic rings. The zero-order chi connectivity index (χ0) is 17.1. The van der Waals surface area contributed by atoms with Crippen LogP contribution in [0.1, 0.15) is 23.7 Å². The third-order valence-corrected chi connectivity index (χ3v) is 4.22. The molecule has 5 N–H and O–H groups in total. The van der Waals surface area contributed by atoms with Gasteiger partial charge in [0.05, 0.1) is 12.3 Å². The molecular weight excluding hydrogens is 338 g/mol. The maximum absolute atomic E-state index is 11.0. The molecule has 0 aromatic carbocycles. The van der Waals surface area contributed by atoms with Gasteiger partial charge in [-0.3, -0.25) is 19.1 Å². The fourth-order valence-corrected chi connectivity index (χ4v) is 1.88. The summed E-state index contributed by atoms with van der Waals surface area (Å²) in [6.07, 6.45) is 2.22. The van der Waals surface area contributed by atoms with Gasteiger partial charge in [0.1, 0.15) is 11.5 Å². The summed E-state index contributed by atoms with van der Waals surface area (Å²) in [5.74, 6) is -1.66. The second-order valence-corrected chi connectivity index (χ2v) is 7.56. The summed E-state index contributed by atoms with van der Waals surface area (Å²) in [6.45, 7) is 2.11. The third kappa shape index (κ3) is 5.58. The van der Waals surface area contributed by atoms with Crippen molar-refractivity contribution in [2.75, 3.05) is 0 Å². The maximum Gasteiger partial charge on any atom is 0.469 e. The number of phosphoric acid groups is 1. The van der Waals surface area contributed by atoms with Crippen molar-refractivity contribution in [1.82, 2.24) is 4.98 Å². The van der Waals surface area contributed by atoms with E-state index in [1.165, 1.54) is 20.0 Å². The predicted molar refractivity (Wildman–Crippen MR) is 76.6 cm³/mol. The van der Waals surface area contributed by atoms with Gasteiger partial charge in [-0.05, 0) is 13.8 Å². The number of nitrogens with zero attached hydrogens (tertiary/aromatic N) is 2. The van der Waals surface area contributed by atoms with Gasteiger partial charge in [0.15, 0.2) is 0 Å². The van der Waals surface area contributed by atoms with Crippen LogP contribution in [-0.2, 0) is 20.3 Å². The van der Waals surface area contributed by atoms with E-state index in [9.17, 15) is 14.2 Å². The van der Waals surface area contributed by atoms with Gasteiger partial charge in [-0.25, -0.2) is 4.57 Å². The molecule has 124 valence electrons. The molecule has 0 fully saturated rings. The van der Waals surface area contributed by atoms with E-state index in [0.717, 1.165) is 6.21 Å². The SMILES string of the molecule is Cc1ncc(COP(=O)(O)O)c(C=N[C@H](C)P(=O)(O)O)c1O. The lowest BCUT2D eigenvalue weighted by molar-refractivity contribution is 0.188. The monoisotopic (exact) mass is 354 g/mol. The highest BCUT2D eigenvalue weighted by Gasteiger charge is 2.23. The molecule has 1 atom stereocenters. The number of aromatic hydroxyl groups is 1. The quantitative estimate of drug-likeness (QED) is 0.363. The normalized spacial score (nSPS) is 14.5. The number of hydrogen-bond donors (Lipinski definition) is 5. The molecule has 12 heteroatoms. The van der Waals surface area contributed by atoms with Crippen LogP contribution in [0.15, 0.2) is 11.2 Å². The summed E-state index contributed by atoms with van der Waals surface area (Å²) in [4.78, 5) is 42.8. The standard InChI is InChI=1S/C10H16N2O8P2/c1-6-10(13)9(4-12-7(2)21(14,15)16)8(3-11-6)5-20-22(17,18)19/h3-4,7,13H,5H2,1-2H3,(H2,14,15,16)(H2,17,18,19)/t7-/m0/s1. The molecule has 0 aliphatic carbocycles. The van der Waals surface area contributed by atoms with Gasteiger partial charge in [0.25, 0.3) is 0 Å². The van der Waals surface area contributed by atoms with E-state index in [2.05, 4.69) is 14.5 Å². The predicted octanol–water partition coefficient (Wildman–Crippen LogP) is 0.648. The van der Waals surface area contributed by atoms with Gasteiger partial charge in [0, 0.05) is 23.5 Å². The largest absolute Gasteiger partial charge is 0.505 e. The van der Waals surface area contributed by atoms with E-state index in [1.54, 1.807) is 0 Å². The summed E-state index contributed by atoms with van der Waals surface area (Å²) in [7, 11) is -9.15. The Bertz CT molecular complexity index is 665. The van der Waals surface area contributed by atoms with Crippen molar-refractivity contribution < 1.29 is 38.3 Å². The maximum atomic E-state index is 11.0. The van der Waals surface area contributed by atoms with Gasteiger partial charge >= 0.3 is 15.4 Å². The molecule has 10 nitrogen and oxygen atoms in total. The number of aryl methyl sites for hydroxylation is 1. The van der Waals surface area contributed by atoms with E-state index >= 15 is 0 Å². The average Bonchev–Trinajstić information content (AvgIpc) is 2.36. The molecule has 0 saturated carbocycles. The Balaban J connectivity index is 3.15. The van der Waals surface area contributed by atoms with Crippen molar-refractivity contribution in [2.45, 2.75) is 26.2 Å². The van der Waals surface area contributed by atoms with Crippen LogP contribution in [0.2, 0.25) is 0 Å². The van der Waals surface area contributed by atoms with Crippen LogP contribution >= 0.6 is 15.4 Å². The Morgan fingerprint density at radius 1 is 1.36 bits per heavy atom. The summed E-state index contributed by atoms with van der Waals surface area (Å²) < 4.78 is 26.1. The number of aliphatic imine (C=N–C) groups is 1. The van der Waals surface area contributed by atoms with E-state index in [1.807, 2.05) is 0 Å². The Labute approximate surface area is 125 Å². The Hall–Kier alpha value is -1.12. The van der Waals surface area contributed by atoms with Crippen molar-refractivity contribution in [3.63, 3.8) is 0 Å². The second-order valence-electron chi connectivity index (χ2n) is 4.39. The minimum absolute atomic E-state index is 0.0150. The van der Waals surface area contributed by atoms with Crippen LogP contribution in [0.5, 0.6) is 5.75 Å². The molecule has 0 radical (unpaired) electrons. The van der Waals surface area contributed by atoms with Gasteiger partial charge in [-0.2, -0.15) is 0 Å². The lowest BCUT2D eigenvalue weighted by Crippen LogP contribution is -2.03. The van der Waals surface area contributed by atoms with Gasteiger partial charge in [-0.15, -0.1) is 0 Å². The zero-order valence-corrected chi connectivity index (χ0v) is 13.5. The average molecular weight is 354 g/mol. The fourth-order valence-electron chi connectivity index (χ4n) is 1.33. The Kier molecular flexibility index (Phi) is 6.00. The van der Waals surface area contributed by atoms with Crippen LogP contribution < -0.4 is 0 Å². The summed E-state index contributed by atoms with van der Waals surface area (Å²) in [5.41, 5.74) is 0.333. The first-order chi connectivity index (χ1) is 9.92. The van der Waals surface area contributed by atoms with Crippen molar-refractivity contribution >= 4 is 21.6 Å². The lowest BCUT2D eigenvalue weighted by atomic mass is 10.1. The van der Waals surface area contributed by atoms with Gasteiger partial charge in [-0.1, -0.05) is 0 Å². The molecule has 0 unspecified atom stereocenters. The molecule has 1 rings (SSSR count). The summed E-state index contributed by atoms with van der Waals surface area (Å²) >= 11 is 0. The molecule has 0 saturated heterocycles. The number of phosphoric ester groups is 1. The first-order valence-corrected chi connectivity index (χ1v) is 9.09. The van der Waals surface area contributed by atoms with E-state index < -0.39 is 27.8 Å². The first-order valence-electron chi connectivity index (χ1n) is 5.87. The fraction of sp³-hybridized carbons (Fsp3) is 0.400. The summed E-state index contributed by atoms with van der Waals surface area (Å²) in [5, 5.41) is 9.93. The smallest absolute Gasteiger partial charge is 0.469 e. The molecule has 22 heavy (non-hydrogen) atoms. The van der Waals surface area contributed by atoms with Gasteiger partial charge < -0.3 is 24.7 Å². The first kappa shape index (κ1) is 18.9. The third-order valence-electron chi connectivity index (χ3n) is 2.65.